The first kappa shape index (κ1) is 17.7. The molecule has 130 valence electrons. The first-order valence-corrected chi connectivity index (χ1v) is 7.91. The second-order valence-electron chi connectivity index (χ2n) is 5.18. The fraction of sp³-hybridized carbons (Fsp3) is 0.412. The highest BCUT2D eigenvalue weighted by Crippen LogP contribution is 2.16. The van der Waals surface area contributed by atoms with E-state index in [-0.39, 0.29) is 0 Å². The minimum atomic E-state index is 0.637. The van der Waals surface area contributed by atoms with E-state index in [4.69, 9.17) is 9.47 Å². The monoisotopic (exact) mass is 331 g/mol. The van der Waals surface area contributed by atoms with Gasteiger partial charge in [0.1, 0.15) is 11.5 Å². The molecular formula is C17H25N5O2. The predicted molar refractivity (Wildman–Crippen MR) is 94.5 cm³/mol. The van der Waals surface area contributed by atoms with Crippen LogP contribution in [0.4, 0.5) is 0 Å². The average molecular weight is 331 g/mol. The maximum atomic E-state index is 5.69. The first-order valence-electron chi connectivity index (χ1n) is 7.91. The van der Waals surface area contributed by atoms with E-state index in [2.05, 4.69) is 20.7 Å². The number of aryl methyl sites for hydroxylation is 1. The normalized spacial score (nSPS) is 11.2. The van der Waals surface area contributed by atoms with E-state index in [1.54, 1.807) is 20.4 Å². The molecule has 7 heteroatoms. The summed E-state index contributed by atoms with van der Waals surface area (Å²) in [5, 5.41) is 10.7. The van der Waals surface area contributed by atoms with Gasteiger partial charge in [-0.05, 0) is 36.8 Å². The van der Waals surface area contributed by atoms with Crippen LogP contribution in [0, 0.1) is 0 Å². The summed E-state index contributed by atoms with van der Waals surface area (Å²) in [7, 11) is 5.33. The Morgan fingerprint density at radius 1 is 1.17 bits per heavy atom. The van der Waals surface area contributed by atoms with Crippen LogP contribution >= 0.6 is 0 Å². The molecular weight excluding hydrogens is 306 g/mol. The van der Waals surface area contributed by atoms with Crippen molar-refractivity contribution in [1.82, 2.24) is 20.4 Å². The molecule has 0 saturated carbocycles. The van der Waals surface area contributed by atoms with Crippen molar-refractivity contribution >= 4 is 5.96 Å². The van der Waals surface area contributed by atoms with Crippen LogP contribution in [0.25, 0.3) is 0 Å². The zero-order chi connectivity index (χ0) is 17.2. The lowest BCUT2D eigenvalue weighted by Gasteiger charge is -2.12. The van der Waals surface area contributed by atoms with Gasteiger partial charge >= 0.3 is 0 Å². The summed E-state index contributed by atoms with van der Waals surface area (Å²) in [6, 6.07) is 9.56. The van der Waals surface area contributed by atoms with Gasteiger partial charge in [-0.25, -0.2) is 0 Å². The van der Waals surface area contributed by atoms with Gasteiger partial charge in [-0.2, -0.15) is 5.10 Å². The minimum Gasteiger partial charge on any atom is -0.497 e. The lowest BCUT2D eigenvalue weighted by Crippen LogP contribution is -2.38. The summed E-state index contributed by atoms with van der Waals surface area (Å²) < 4.78 is 12.6. The number of hydrogen-bond acceptors (Lipinski definition) is 4. The molecule has 7 nitrogen and oxygen atoms in total. The first-order chi connectivity index (χ1) is 11.7. The fourth-order valence-corrected chi connectivity index (χ4v) is 2.11. The van der Waals surface area contributed by atoms with Gasteiger partial charge in [0.15, 0.2) is 5.96 Å². The molecule has 0 saturated heterocycles. The van der Waals surface area contributed by atoms with Crippen LogP contribution in [0.15, 0.2) is 41.5 Å². The third-order valence-corrected chi connectivity index (χ3v) is 3.52. The lowest BCUT2D eigenvalue weighted by atomic mass is 10.3. The topological polar surface area (TPSA) is 72.7 Å². The molecule has 2 N–H and O–H groups in total. The number of guanidine groups is 1. The number of nitrogens with one attached hydrogen (secondary N) is 2. The molecule has 1 heterocycles. The maximum Gasteiger partial charge on any atom is 0.191 e. The molecule has 0 spiro atoms. The quantitative estimate of drug-likeness (QED) is 0.436. The Kier molecular flexibility index (Phi) is 6.94. The highest BCUT2D eigenvalue weighted by atomic mass is 16.5. The number of benzene rings is 1. The number of nitrogens with zero attached hydrogens (tertiary/aromatic N) is 3. The second-order valence-corrected chi connectivity index (χ2v) is 5.18. The largest absolute Gasteiger partial charge is 0.497 e. The van der Waals surface area contributed by atoms with E-state index < -0.39 is 0 Å². The van der Waals surface area contributed by atoms with Crippen molar-refractivity contribution in [2.75, 3.05) is 27.3 Å². The van der Waals surface area contributed by atoms with Crippen LogP contribution in [0.5, 0.6) is 11.5 Å². The van der Waals surface area contributed by atoms with Gasteiger partial charge in [-0.3, -0.25) is 9.67 Å². The van der Waals surface area contributed by atoms with Crippen LogP contribution in [0.3, 0.4) is 0 Å². The molecule has 2 aromatic rings. The molecule has 2 rings (SSSR count). The summed E-state index contributed by atoms with van der Waals surface area (Å²) in [6.07, 6.45) is 2.65. The number of ether oxygens (including phenoxy) is 2. The molecule has 24 heavy (non-hydrogen) atoms. The van der Waals surface area contributed by atoms with Crippen molar-refractivity contribution in [2.24, 2.45) is 12.0 Å². The molecule has 0 amide bonds. The van der Waals surface area contributed by atoms with Gasteiger partial charge in [-0.1, -0.05) is 0 Å². The van der Waals surface area contributed by atoms with Crippen LogP contribution in [0.2, 0.25) is 0 Å². The number of rotatable bonds is 8. The van der Waals surface area contributed by atoms with E-state index >= 15 is 0 Å². The van der Waals surface area contributed by atoms with E-state index in [0.717, 1.165) is 36.1 Å². The smallest absolute Gasteiger partial charge is 0.191 e. The molecule has 0 bridgehead atoms. The second kappa shape index (κ2) is 9.44. The van der Waals surface area contributed by atoms with Gasteiger partial charge in [-0.15, -0.1) is 0 Å². The molecule has 0 atom stereocenters. The Morgan fingerprint density at radius 2 is 1.92 bits per heavy atom. The van der Waals surface area contributed by atoms with Crippen molar-refractivity contribution in [3.8, 4) is 11.5 Å². The summed E-state index contributed by atoms with van der Waals surface area (Å²) in [5.74, 6) is 2.43. The molecule has 1 aromatic heterocycles. The fourth-order valence-electron chi connectivity index (χ4n) is 2.11. The molecule has 0 aliphatic heterocycles. The van der Waals surface area contributed by atoms with E-state index in [9.17, 15) is 0 Å². The number of methoxy groups -OCH3 is 1. The molecule has 1 aromatic carbocycles. The third kappa shape index (κ3) is 5.49. The Morgan fingerprint density at radius 3 is 2.54 bits per heavy atom. The Balaban J connectivity index is 1.62. The van der Waals surface area contributed by atoms with Crippen LogP contribution in [-0.4, -0.2) is 43.0 Å². The Labute approximate surface area is 142 Å². The Bertz CT molecular complexity index is 637. The summed E-state index contributed by atoms with van der Waals surface area (Å²) in [4.78, 5) is 4.20. The number of aromatic nitrogens is 2. The lowest BCUT2D eigenvalue weighted by molar-refractivity contribution is 0.310. The summed E-state index contributed by atoms with van der Waals surface area (Å²) in [6.45, 7) is 2.10. The number of aliphatic imine (C=N–C) groups is 1. The Hall–Kier alpha value is -2.70. The number of hydrogen-bond donors (Lipinski definition) is 2. The standard InChI is InChI=1S/C17H25N5O2/c1-18-17(20-13-14-9-11-21-22(14)2)19-10-4-12-24-16-7-5-15(23-3)6-8-16/h5-9,11H,4,10,12-13H2,1-3H3,(H2,18,19,20). The third-order valence-electron chi connectivity index (χ3n) is 3.52. The van der Waals surface area contributed by atoms with Crippen molar-refractivity contribution < 1.29 is 9.47 Å². The molecule has 0 unspecified atom stereocenters. The van der Waals surface area contributed by atoms with E-state index in [0.29, 0.717) is 13.2 Å². The maximum absolute atomic E-state index is 5.69. The molecule has 0 aliphatic rings. The van der Waals surface area contributed by atoms with Crippen LogP contribution in [-0.2, 0) is 13.6 Å². The zero-order valence-corrected chi connectivity index (χ0v) is 14.5. The highest BCUT2D eigenvalue weighted by Gasteiger charge is 2.01. The predicted octanol–water partition coefficient (Wildman–Crippen LogP) is 1.56. The van der Waals surface area contributed by atoms with Crippen molar-refractivity contribution in [3.63, 3.8) is 0 Å². The zero-order valence-electron chi connectivity index (χ0n) is 14.5. The van der Waals surface area contributed by atoms with Crippen molar-refractivity contribution in [1.29, 1.82) is 0 Å². The van der Waals surface area contributed by atoms with Gasteiger partial charge in [0.05, 0.1) is 26.0 Å². The summed E-state index contributed by atoms with van der Waals surface area (Å²) >= 11 is 0. The van der Waals surface area contributed by atoms with Gasteiger partial charge in [0, 0.05) is 26.8 Å². The van der Waals surface area contributed by atoms with Crippen LogP contribution in [0.1, 0.15) is 12.1 Å². The van der Waals surface area contributed by atoms with Gasteiger partial charge in [0.25, 0.3) is 0 Å². The van der Waals surface area contributed by atoms with E-state index in [1.165, 1.54) is 0 Å². The van der Waals surface area contributed by atoms with Gasteiger partial charge < -0.3 is 20.1 Å². The summed E-state index contributed by atoms with van der Waals surface area (Å²) in [5.41, 5.74) is 1.10. The van der Waals surface area contributed by atoms with Crippen molar-refractivity contribution in [2.45, 2.75) is 13.0 Å². The molecule has 0 radical (unpaired) electrons. The average Bonchev–Trinajstić information content (AvgIpc) is 3.03. The SMILES string of the molecule is CN=C(NCCCOc1ccc(OC)cc1)NCc1ccnn1C. The molecule has 0 fully saturated rings. The van der Waals surface area contributed by atoms with E-state index in [1.807, 2.05) is 42.1 Å². The van der Waals surface area contributed by atoms with Crippen molar-refractivity contribution in [3.05, 3.63) is 42.2 Å². The minimum absolute atomic E-state index is 0.637. The van der Waals surface area contributed by atoms with Crippen LogP contribution < -0.4 is 20.1 Å². The van der Waals surface area contributed by atoms with Gasteiger partial charge in [0.2, 0.25) is 0 Å². The molecule has 0 aliphatic carbocycles. The highest BCUT2D eigenvalue weighted by molar-refractivity contribution is 5.79.